The largest absolute Gasteiger partial charge is 0.497 e. The fraction of sp³-hybridized carbons (Fsp3) is 0.391. The number of hydrogen-bond donors (Lipinski definition) is 1. The van der Waals surface area contributed by atoms with Crippen LogP contribution in [0.15, 0.2) is 48.5 Å². The van der Waals surface area contributed by atoms with Crippen LogP contribution in [0.5, 0.6) is 11.5 Å². The van der Waals surface area contributed by atoms with Gasteiger partial charge in [0.1, 0.15) is 18.1 Å². The molecule has 1 fully saturated rings. The fourth-order valence-corrected chi connectivity index (χ4v) is 3.38. The summed E-state index contributed by atoms with van der Waals surface area (Å²) >= 11 is 0. The molecule has 0 unspecified atom stereocenters. The van der Waals surface area contributed by atoms with E-state index in [2.05, 4.69) is 5.32 Å². The number of likely N-dealkylation sites (tertiary alicyclic amines) is 1. The van der Waals surface area contributed by atoms with Gasteiger partial charge in [-0.3, -0.25) is 9.59 Å². The maximum Gasteiger partial charge on any atom is 0.253 e. The topological polar surface area (TPSA) is 67.9 Å². The van der Waals surface area contributed by atoms with Gasteiger partial charge in [0.15, 0.2) is 0 Å². The average molecular weight is 396 g/mol. The van der Waals surface area contributed by atoms with Crippen molar-refractivity contribution in [2.24, 2.45) is 5.92 Å². The molecule has 1 heterocycles. The summed E-state index contributed by atoms with van der Waals surface area (Å²) in [5.41, 5.74) is 1.84. The summed E-state index contributed by atoms with van der Waals surface area (Å²) in [5, 5.41) is 2.94. The quantitative estimate of drug-likeness (QED) is 0.731. The molecule has 0 aromatic heterocycles. The van der Waals surface area contributed by atoms with Gasteiger partial charge in [0, 0.05) is 24.6 Å². The highest BCUT2D eigenvalue weighted by Gasteiger charge is 2.27. The van der Waals surface area contributed by atoms with E-state index < -0.39 is 0 Å². The minimum Gasteiger partial charge on any atom is -0.497 e. The average Bonchev–Trinajstić information content (AvgIpc) is 2.77. The van der Waals surface area contributed by atoms with Crippen molar-refractivity contribution in [1.82, 2.24) is 10.2 Å². The van der Waals surface area contributed by atoms with Crippen LogP contribution >= 0.6 is 0 Å². The van der Waals surface area contributed by atoms with Crippen molar-refractivity contribution in [2.75, 3.05) is 33.4 Å². The van der Waals surface area contributed by atoms with Gasteiger partial charge in [-0.2, -0.15) is 0 Å². The summed E-state index contributed by atoms with van der Waals surface area (Å²) in [6.45, 7) is 4.07. The lowest BCUT2D eigenvalue weighted by Crippen LogP contribution is -2.43. The number of carbonyl (C=O) groups excluding carboxylic acids is 2. The normalized spacial score (nSPS) is 14.3. The first-order chi connectivity index (χ1) is 14.1. The summed E-state index contributed by atoms with van der Waals surface area (Å²) in [4.78, 5) is 26.8. The molecule has 6 heteroatoms. The van der Waals surface area contributed by atoms with Gasteiger partial charge >= 0.3 is 0 Å². The van der Waals surface area contributed by atoms with Crippen molar-refractivity contribution < 1.29 is 19.1 Å². The van der Waals surface area contributed by atoms with E-state index in [9.17, 15) is 9.59 Å². The van der Waals surface area contributed by atoms with E-state index in [1.807, 2.05) is 60.4 Å². The highest BCUT2D eigenvalue weighted by Crippen LogP contribution is 2.20. The smallest absolute Gasteiger partial charge is 0.253 e. The van der Waals surface area contributed by atoms with E-state index in [1.54, 1.807) is 7.11 Å². The van der Waals surface area contributed by atoms with Gasteiger partial charge in [-0.05, 0) is 56.2 Å². The lowest BCUT2D eigenvalue weighted by atomic mass is 9.95. The Morgan fingerprint density at radius 1 is 1.00 bits per heavy atom. The van der Waals surface area contributed by atoms with Crippen LogP contribution in [0.3, 0.4) is 0 Å². The molecule has 29 heavy (non-hydrogen) atoms. The number of aryl methyl sites for hydroxylation is 1. The van der Waals surface area contributed by atoms with Crippen molar-refractivity contribution in [1.29, 1.82) is 0 Å². The first-order valence-electron chi connectivity index (χ1n) is 9.97. The van der Waals surface area contributed by atoms with E-state index in [-0.39, 0.29) is 17.7 Å². The number of rotatable bonds is 7. The SMILES string of the molecule is COc1ccc(OCCNC(=O)C2CCN(C(=O)c3ccc(C)cc3)CC2)cc1. The predicted molar refractivity (Wildman–Crippen MR) is 111 cm³/mol. The van der Waals surface area contributed by atoms with Gasteiger partial charge in [-0.1, -0.05) is 17.7 Å². The molecule has 0 radical (unpaired) electrons. The Morgan fingerprint density at radius 2 is 1.62 bits per heavy atom. The van der Waals surface area contributed by atoms with Gasteiger partial charge in [0.2, 0.25) is 5.91 Å². The maximum atomic E-state index is 12.6. The minimum absolute atomic E-state index is 0.0331. The summed E-state index contributed by atoms with van der Waals surface area (Å²) in [7, 11) is 1.62. The molecule has 6 nitrogen and oxygen atoms in total. The Morgan fingerprint density at radius 3 is 2.24 bits per heavy atom. The third kappa shape index (κ3) is 5.73. The van der Waals surface area contributed by atoms with Crippen molar-refractivity contribution in [3.63, 3.8) is 0 Å². The molecule has 0 atom stereocenters. The third-order valence-electron chi connectivity index (χ3n) is 5.18. The predicted octanol–water partition coefficient (Wildman–Crippen LogP) is 3.05. The fourth-order valence-electron chi connectivity index (χ4n) is 3.38. The Hall–Kier alpha value is -3.02. The van der Waals surface area contributed by atoms with Crippen LogP contribution < -0.4 is 14.8 Å². The molecule has 2 aromatic rings. The van der Waals surface area contributed by atoms with Gasteiger partial charge in [-0.15, -0.1) is 0 Å². The first kappa shape index (κ1) is 20.7. The number of amides is 2. The van der Waals surface area contributed by atoms with Gasteiger partial charge < -0.3 is 19.7 Å². The van der Waals surface area contributed by atoms with E-state index in [1.165, 1.54) is 0 Å². The summed E-state index contributed by atoms with van der Waals surface area (Å²) in [6.07, 6.45) is 1.37. The van der Waals surface area contributed by atoms with Crippen molar-refractivity contribution in [2.45, 2.75) is 19.8 Å². The number of methoxy groups -OCH3 is 1. The summed E-state index contributed by atoms with van der Waals surface area (Å²) in [6, 6.07) is 14.9. The van der Waals surface area contributed by atoms with E-state index >= 15 is 0 Å². The minimum atomic E-state index is -0.0574. The van der Waals surface area contributed by atoms with E-state index in [0.717, 1.165) is 17.1 Å². The van der Waals surface area contributed by atoms with E-state index in [4.69, 9.17) is 9.47 Å². The van der Waals surface area contributed by atoms with Crippen LogP contribution in [-0.4, -0.2) is 50.1 Å². The lowest BCUT2D eigenvalue weighted by Gasteiger charge is -2.31. The molecule has 3 rings (SSSR count). The first-order valence-corrected chi connectivity index (χ1v) is 9.97. The molecule has 1 aliphatic heterocycles. The molecular weight excluding hydrogens is 368 g/mol. The molecule has 0 spiro atoms. The second-order valence-electron chi connectivity index (χ2n) is 7.25. The molecule has 0 aliphatic carbocycles. The van der Waals surface area contributed by atoms with Gasteiger partial charge in [0.05, 0.1) is 13.7 Å². The molecule has 1 saturated heterocycles. The highest BCUT2D eigenvalue weighted by molar-refractivity contribution is 5.94. The van der Waals surface area contributed by atoms with Crippen LogP contribution in [0, 0.1) is 12.8 Å². The number of piperidine rings is 1. The zero-order valence-corrected chi connectivity index (χ0v) is 17.0. The number of ether oxygens (including phenoxy) is 2. The Balaban J connectivity index is 1.37. The Kier molecular flexibility index (Phi) is 7.11. The Bertz CT molecular complexity index is 810. The summed E-state index contributed by atoms with van der Waals surface area (Å²) < 4.78 is 10.7. The second kappa shape index (κ2) is 9.96. The van der Waals surface area contributed by atoms with Crippen LogP contribution in [0.1, 0.15) is 28.8 Å². The van der Waals surface area contributed by atoms with Crippen LogP contribution in [0.25, 0.3) is 0 Å². The van der Waals surface area contributed by atoms with Crippen molar-refractivity contribution in [3.8, 4) is 11.5 Å². The van der Waals surface area contributed by atoms with E-state index in [0.29, 0.717) is 44.6 Å². The van der Waals surface area contributed by atoms with Crippen LogP contribution in [0.2, 0.25) is 0 Å². The molecule has 2 amide bonds. The number of hydrogen-bond acceptors (Lipinski definition) is 4. The molecule has 0 bridgehead atoms. The molecule has 1 N–H and O–H groups in total. The van der Waals surface area contributed by atoms with Crippen LogP contribution in [0.4, 0.5) is 0 Å². The molecular formula is C23H28N2O4. The van der Waals surface area contributed by atoms with Crippen molar-refractivity contribution in [3.05, 3.63) is 59.7 Å². The lowest BCUT2D eigenvalue weighted by molar-refractivity contribution is -0.126. The summed E-state index contributed by atoms with van der Waals surface area (Å²) in [5.74, 6) is 1.53. The highest BCUT2D eigenvalue weighted by atomic mass is 16.5. The molecule has 1 aliphatic rings. The van der Waals surface area contributed by atoms with Gasteiger partial charge in [-0.25, -0.2) is 0 Å². The number of nitrogens with one attached hydrogen (secondary N) is 1. The monoisotopic (exact) mass is 396 g/mol. The molecule has 0 saturated carbocycles. The standard InChI is InChI=1S/C23H28N2O4/c1-17-3-5-19(6-4-17)23(27)25-14-11-18(12-15-25)22(26)24-13-16-29-21-9-7-20(28-2)8-10-21/h3-10,18H,11-16H2,1-2H3,(H,24,26). The third-order valence-corrected chi connectivity index (χ3v) is 5.18. The number of carbonyl (C=O) groups is 2. The maximum absolute atomic E-state index is 12.6. The second-order valence-corrected chi connectivity index (χ2v) is 7.25. The zero-order chi connectivity index (χ0) is 20.6. The molecule has 2 aromatic carbocycles. The zero-order valence-electron chi connectivity index (χ0n) is 17.0. The Labute approximate surface area is 171 Å². The number of benzene rings is 2. The van der Waals surface area contributed by atoms with Crippen molar-refractivity contribution >= 4 is 11.8 Å². The molecule has 154 valence electrons. The van der Waals surface area contributed by atoms with Crippen LogP contribution in [-0.2, 0) is 4.79 Å². The van der Waals surface area contributed by atoms with Gasteiger partial charge in [0.25, 0.3) is 5.91 Å². The number of nitrogens with zero attached hydrogens (tertiary/aromatic N) is 1.